The summed E-state index contributed by atoms with van der Waals surface area (Å²) in [7, 11) is 0. The fourth-order valence-electron chi connectivity index (χ4n) is 3.16. The molecule has 0 aliphatic rings. The maximum Gasteiger partial charge on any atom is 0.329 e. The van der Waals surface area contributed by atoms with Gasteiger partial charge in [0.15, 0.2) is 0 Å². The summed E-state index contributed by atoms with van der Waals surface area (Å²) in [5, 5.41) is 17.4. The van der Waals surface area contributed by atoms with Gasteiger partial charge in [0.25, 0.3) is 0 Å². The van der Waals surface area contributed by atoms with Crippen molar-refractivity contribution in [3.05, 3.63) is 70.7 Å². The summed E-state index contributed by atoms with van der Waals surface area (Å²) in [5.74, 6) is 1.15. The zero-order chi connectivity index (χ0) is 23.5. The number of nitrogens with one attached hydrogen (secondary N) is 2. The minimum Gasteiger partial charge on any atom is -0.494 e. The molecule has 0 aliphatic heterocycles. The standard InChI is InChI=1S/C23H29N7O3/c1-3-29(4-2)14-7-15-33-20-11-9-18(10-12-20)27-23-26-17-21(30(31)32)22(28-23)25-16-19-8-5-6-13-24-19/h5-6,8-13,17H,3-4,7,14-16H2,1-2H3,(H2,25,26,27,28). The van der Waals surface area contributed by atoms with Gasteiger partial charge in [0.2, 0.25) is 11.8 Å². The fraction of sp³-hybridized carbons (Fsp3) is 0.348. The van der Waals surface area contributed by atoms with Gasteiger partial charge in [-0.1, -0.05) is 19.9 Å². The summed E-state index contributed by atoms with van der Waals surface area (Å²) in [6.07, 6.45) is 3.81. The summed E-state index contributed by atoms with van der Waals surface area (Å²) >= 11 is 0. The van der Waals surface area contributed by atoms with Crippen LogP contribution < -0.4 is 15.4 Å². The highest BCUT2D eigenvalue weighted by atomic mass is 16.6. The lowest BCUT2D eigenvalue weighted by molar-refractivity contribution is -0.384. The molecule has 10 nitrogen and oxygen atoms in total. The summed E-state index contributed by atoms with van der Waals surface area (Å²) in [4.78, 5) is 25.8. The van der Waals surface area contributed by atoms with E-state index in [-0.39, 0.29) is 17.5 Å². The van der Waals surface area contributed by atoms with Crippen molar-refractivity contribution in [2.24, 2.45) is 0 Å². The number of nitrogens with zero attached hydrogens (tertiary/aromatic N) is 5. The van der Waals surface area contributed by atoms with Crippen LogP contribution in [-0.2, 0) is 6.54 Å². The molecule has 2 aromatic heterocycles. The van der Waals surface area contributed by atoms with E-state index in [0.29, 0.717) is 13.2 Å². The zero-order valence-electron chi connectivity index (χ0n) is 18.9. The fourth-order valence-corrected chi connectivity index (χ4v) is 3.16. The minimum atomic E-state index is -0.517. The predicted molar refractivity (Wildman–Crippen MR) is 128 cm³/mol. The Kier molecular flexibility index (Phi) is 8.89. The van der Waals surface area contributed by atoms with Gasteiger partial charge in [0.1, 0.15) is 11.9 Å². The van der Waals surface area contributed by atoms with E-state index in [0.717, 1.165) is 43.2 Å². The van der Waals surface area contributed by atoms with Crippen LogP contribution in [0.25, 0.3) is 0 Å². The van der Waals surface area contributed by atoms with Crippen LogP contribution in [0.3, 0.4) is 0 Å². The molecule has 2 N–H and O–H groups in total. The van der Waals surface area contributed by atoms with Crippen molar-refractivity contribution in [1.29, 1.82) is 0 Å². The molecule has 2 heterocycles. The van der Waals surface area contributed by atoms with E-state index in [1.807, 2.05) is 36.4 Å². The quantitative estimate of drug-likeness (QED) is 0.223. The Morgan fingerprint density at radius 3 is 2.55 bits per heavy atom. The Morgan fingerprint density at radius 2 is 1.88 bits per heavy atom. The highest BCUT2D eigenvalue weighted by molar-refractivity contribution is 5.61. The van der Waals surface area contributed by atoms with E-state index in [1.165, 1.54) is 6.20 Å². The first kappa shape index (κ1) is 23.9. The van der Waals surface area contributed by atoms with Crippen molar-refractivity contribution in [3.63, 3.8) is 0 Å². The van der Waals surface area contributed by atoms with Gasteiger partial charge in [-0.15, -0.1) is 0 Å². The van der Waals surface area contributed by atoms with Crippen LogP contribution in [-0.4, -0.2) is 51.0 Å². The smallest absolute Gasteiger partial charge is 0.329 e. The van der Waals surface area contributed by atoms with E-state index in [1.54, 1.807) is 12.3 Å². The molecule has 0 fully saturated rings. The number of rotatable bonds is 13. The molecule has 0 radical (unpaired) electrons. The van der Waals surface area contributed by atoms with E-state index < -0.39 is 4.92 Å². The van der Waals surface area contributed by atoms with E-state index >= 15 is 0 Å². The van der Waals surface area contributed by atoms with Crippen molar-refractivity contribution >= 4 is 23.1 Å². The second kappa shape index (κ2) is 12.3. The highest BCUT2D eigenvalue weighted by Crippen LogP contribution is 2.24. The van der Waals surface area contributed by atoms with Crippen LogP contribution in [0.1, 0.15) is 26.0 Å². The van der Waals surface area contributed by atoms with Crippen molar-refractivity contribution in [3.8, 4) is 5.75 Å². The molecule has 33 heavy (non-hydrogen) atoms. The molecule has 3 rings (SSSR count). The van der Waals surface area contributed by atoms with E-state index in [4.69, 9.17) is 4.74 Å². The Balaban J connectivity index is 1.58. The lowest BCUT2D eigenvalue weighted by Gasteiger charge is -2.17. The van der Waals surface area contributed by atoms with Gasteiger partial charge >= 0.3 is 5.69 Å². The van der Waals surface area contributed by atoms with Gasteiger partial charge in [-0.2, -0.15) is 4.98 Å². The van der Waals surface area contributed by atoms with Gasteiger partial charge in [-0.25, -0.2) is 4.98 Å². The lowest BCUT2D eigenvalue weighted by Crippen LogP contribution is -2.25. The average molecular weight is 452 g/mol. The summed E-state index contributed by atoms with van der Waals surface area (Å²) < 4.78 is 5.81. The molecule has 174 valence electrons. The molecule has 0 saturated heterocycles. The Hall–Kier alpha value is -3.79. The molecule has 0 aliphatic carbocycles. The van der Waals surface area contributed by atoms with Gasteiger partial charge < -0.3 is 20.3 Å². The van der Waals surface area contributed by atoms with Gasteiger partial charge in [-0.3, -0.25) is 15.1 Å². The number of aromatic nitrogens is 3. The van der Waals surface area contributed by atoms with Crippen LogP contribution in [0.4, 0.5) is 23.1 Å². The maximum atomic E-state index is 11.4. The first-order chi connectivity index (χ1) is 16.1. The number of benzene rings is 1. The molecule has 0 amide bonds. The number of pyridine rings is 1. The Labute approximate surface area is 193 Å². The minimum absolute atomic E-state index is 0.122. The van der Waals surface area contributed by atoms with E-state index in [2.05, 4.69) is 44.3 Å². The molecule has 10 heteroatoms. The third kappa shape index (κ3) is 7.39. The summed E-state index contributed by atoms with van der Waals surface area (Å²) in [6.45, 7) is 8.37. The predicted octanol–water partition coefficient (Wildman–Crippen LogP) is 4.25. The third-order valence-electron chi connectivity index (χ3n) is 5.02. The molecule has 0 atom stereocenters. The second-order valence-electron chi connectivity index (χ2n) is 7.24. The number of nitro groups is 1. The van der Waals surface area contributed by atoms with Crippen molar-refractivity contribution in [2.75, 3.05) is 36.9 Å². The third-order valence-corrected chi connectivity index (χ3v) is 5.02. The van der Waals surface area contributed by atoms with Gasteiger partial charge in [0, 0.05) is 18.4 Å². The van der Waals surface area contributed by atoms with Crippen LogP contribution in [0, 0.1) is 10.1 Å². The highest BCUT2D eigenvalue weighted by Gasteiger charge is 2.17. The maximum absolute atomic E-state index is 11.4. The molecular weight excluding hydrogens is 422 g/mol. The van der Waals surface area contributed by atoms with Crippen LogP contribution in [0.5, 0.6) is 5.75 Å². The first-order valence-electron chi connectivity index (χ1n) is 11.0. The number of hydrogen-bond donors (Lipinski definition) is 2. The van der Waals surface area contributed by atoms with Crippen LogP contribution in [0.15, 0.2) is 54.9 Å². The molecule has 0 spiro atoms. The second-order valence-corrected chi connectivity index (χ2v) is 7.24. The number of ether oxygens (including phenoxy) is 1. The Bertz CT molecular complexity index is 1010. The first-order valence-corrected chi connectivity index (χ1v) is 11.0. The molecule has 3 aromatic rings. The molecule has 0 bridgehead atoms. The summed E-state index contributed by atoms with van der Waals surface area (Å²) in [5.41, 5.74) is 1.28. The molecule has 0 saturated carbocycles. The van der Waals surface area contributed by atoms with Gasteiger partial charge in [0.05, 0.1) is 23.8 Å². The SMILES string of the molecule is CCN(CC)CCCOc1ccc(Nc2ncc([N+](=O)[O-])c(NCc3ccccn3)n2)cc1. The average Bonchev–Trinajstić information content (AvgIpc) is 2.84. The Morgan fingerprint density at radius 1 is 1.09 bits per heavy atom. The molecule has 0 unspecified atom stereocenters. The lowest BCUT2D eigenvalue weighted by atomic mass is 10.3. The molecule has 1 aromatic carbocycles. The van der Waals surface area contributed by atoms with Gasteiger partial charge in [-0.05, 0) is 55.9 Å². The van der Waals surface area contributed by atoms with Crippen molar-refractivity contribution in [2.45, 2.75) is 26.8 Å². The summed E-state index contributed by atoms with van der Waals surface area (Å²) in [6, 6.07) is 12.9. The monoisotopic (exact) mass is 451 g/mol. The van der Waals surface area contributed by atoms with Crippen LogP contribution in [0.2, 0.25) is 0 Å². The zero-order valence-corrected chi connectivity index (χ0v) is 18.9. The number of hydrogen-bond acceptors (Lipinski definition) is 9. The molecular formula is C23H29N7O3. The number of anilines is 3. The van der Waals surface area contributed by atoms with E-state index in [9.17, 15) is 10.1 Å². The van der Waals surface area contributed by atoms with Crippen LogP contribution >= 0.6 is 0 Å². The topological polar surface area (TPSA) is 118 Å². The normalized spacial score (nSPS) is 10.8. The largest absolute Gasteiger partial charge is 0.494 e. The van der Waals surface area contributed by atoms with Crippen molar-refractivity contribution in [1.82, 2.24) is 19.9 Å². The van der Waals surface area contributed by atoms with Crippen molar-refractivity contribution < 1.29 is 9.66 Å².